The van der Waals surface area contributed by atoms with Gasteiger partial charge in [0, 0.05) is 25.2 Å². The average Bonchev–Trinajstić information content (AvgIpc) is 2.84. The zero-order valence-corrected chi connectivity index (χ0v) is 22.0. The number of azo groups is 1. The molecular formula is C25H35N5O4S. The van der Waals surface area contributed by atoms with Crippen LogP contribution in [0.5, 0.6) is 5.88 Å². The summed E-state index contributed by atoms with van der Waals surface area (Å²) in [4.78, 5) is 13.0. The number of aromatic hydroxyl groups is 1. The fourth-order valence-electron chi connectivity index (χ4n) is 3.91. The number of benzene rings is 1. The predicted molar refractivity (Wildman–Crippen MR) is 136 cm³/mol. The highest BCUT2D eigenvalue weighted by molar-refractivity contribution is 7.89. The molecule has 35 heavy (non-hydrogen) atoms. The Kier molecular flexibility index (Phi) is 10.2. The molecule has 10 heteroatoms. The van der Waals surface area contributed by atoms with Crippen LogP contribution in [0.3, 0.4) is 0 Å². The highest BCUT2D eigenvalue weighted by Gasteiger charge is 2.22. The third kappa shape index (κ3) is 6.35. The number of hydrogen-bond acceptors (Lipinski definition) is 7. The van der Waals surface area contributed by atoms with Crippen LogP contribution in [0.15, 0.2) is 44.2 Å². The van der Waals surface area contributed by atoms with E-state index in [0.717, 1.165) is 25.7 Å². The lowest BCUT2D eigenvalue weighted by molar-refractivity contribution is 0.340. The van der Waals surface area contributed by atoms with Crippen molar-refractivity contribution < 1.29 is 13.5 Å². The van der Waals surface area contributed by atoms with Gasteiger partial charge in [-0.05, 0) is 43.5 Å². The van der Waals surface area contributed by atoms with Gasteiger partial charge < -0.3 is 5.11 Å². The van der Waals surface area contributed by atoms with Gasteiger partial charge in [-0.1, -0.05) is 47.0 Å². The van der Waals surface area contributed by atoms with Crippen molar-refractivity contribution in [1.29, 1.82) is 5.26 Å². The molecule has 0 fully saturated rings. The first-order valence-corrected chi connectivity index (χ1v) is 13.5. The number of aromatic nitrogens is 1. The molecule has 0 saturated carbocycles. The first-order chi connectivity index (χ1) is 16.7. The monoisotopic (exact) mass is 501 g/mol. The minimum Gasteiger partial charge on any atom is -0.493 e. The van der Waals surface area contributed by atoms with Crippen molar-refractivity contribution in [2.24, 2.45) is 16.1 Å². The van der Waals surface area contributed by atoms with Crippen LogP contribution in [0.25, 0.3) is 0 Å². The van der Waals surface area contributed by atoms with E-state index < -0.39 is 15.6 Å². The summed E-state index contributed by atoms with van der Waals surface area (Å²) in [6.07, 6.45) is 3.79. The molecule has 1 unspecified atom stereocenters. The molecule has 0 saturated heterocycles. The number of rotatable bonds is 12. The van der Waals surface area contributed by atoms with E-state index in [9.17, 15) is 23.6 Å². The molecule has 9 nitrogen and oxygen atoms in total. The SMILES string of the molecule is CCCCC(CC)Cn1c(O)c(/N=N/c2ccc(S(=O)(=O)N(CC)CC)cc2)c(C)c(C#N)c1=O. The Labute approximate surface area is 207 Å². The Morgan fingerprint density at radius 2 is 1.74 bits per heavy atom. The lowest BCUT2D eigenvalue weighted by atomic mass is 9.99. The number of sulfonamides is 1. The molecule has 1 atom stereocenters. The molecule has 2 rings (SSSR count). The summed E-state index contributed by atoms with van der Waals surface area (Å²) in [6.45, 7) is 10.3. The van der Waals surface area contributed by atoms with Crippen molar-refractivity contribution in [2.45, 2.75) is 71.7 Å². The van der Waals surface area contributed by atoms with Crippen molar-refractivity contribution in [3.05, 3.63) is 45.7 Å². The van der Waals surface area contributed by atoms with Crippen LogP contribution in [0.1, 0.15) is 64.5 Å². The minimum absolute atomic E-state index is 0.0475. The van der Waals surface area contributed by atoms with Gasteiger partial charge in [-0.25, -0.2) is 8.42 Å². The highest BCUT2D eigenvalue weighted by atomic mass is 32.2. The van der Waals surface area contributed by atoms with Crippen LogP contribution in [0.4, 0.5) is 11.4 Å². The third-order valence-electron chi connectivity index (χ3n) is 6.20. The zero-order chi connectivity index (χ0) is 26.2. The lowest BCUT2D eigenvalue weighted by Gasteiger charge is -2.19. The Bertz CT molecular complexity index is 1240. The van der Waals surface area contributed by atoms with E-state index in [0.29, 0.717) is 18.8 Å². The highest BCUT2D eigenvalue weighted by Crippen LogP contribution is 2.33. The van der Waals surface area contributed by atoms with Gasteiger partial charge in [0.25, 0.3) is 5.56 Å². The van der Waals surface area contributed by atoms with E-state index in [1.165, 1.54) is 33.1 Å². The molecule has 0 amide bonds. The van der Waals surface area contributed by atoms with Gasteiger partial charge >= 0.3 is 0 Å². The summed E-state index contributed by atoms with van der Waals surface area (Å²) in [5.74, 6) is -0.149. The third-order valence-corrected chi connectivity index (χ3v) is 8.26. The first-order valence-electron chi connectivity index (χ1n) is 12.0. The maximum atomic E-state index is 12.9. The predicted octanol–water partition coefficient (Wildman–Crippen LogP) is 5.40. The second-order valence-corrected chi connectivity index (χ2v) is 10.3. The quantitative estimate of drug-likeness (QED) is 0.390. The van der Waals surface area contributed by atoms with Gasteiger partial charge in [-0.3, -0.25) is 9.36 Å². The first kappa shape index (κ1) is 28.2. The van der Waals surface area contributed by atoms with Crippen LogP contribution in [-0.2, 0) is 16.6 Å². The molecule has 0 radical (unpaired) electrons. The fourth-order valence-corrected chi connectivity index (χ4v) is 5.36. The van der Waals surface area contributed by atoms with E-state index in [1.807, 2.05) is 13.0 Å². The zero-order valence-electron chi connectivity index (χ0n) is 21.2. The van der Waals surface area contributed by atoms with E-state index in [2.05, 4.69) is 17.2 Å². The summed E-state index contributed by atoms with van der Waals surface area (Å²) in [7, 11) is -3.59. The molecule has 0 bridgehead atoms. The van der Waals surface area contributed by atoms with Crippen molar-refractivity contribution >= 4 is 21.4 Å². The molecule has 1 aromatic heterocycles. The van der Waals surface area contributed by atoms with Crippen LogP contribution in [-0.4, -0.2) is 35.5 Å². The average molecular weight is 502 g/mol. The van der Waals surface area contributed by atoms with E-state index in [1.54, 1.807) is 20.8 Å². The van der Waals surface area contributed by atoms with Crippen molar-refractivity contribution in [3.63, 3.8) is 0 Å². The second kappa shape index (κ2) is 12.6. The molecule has 1 heterocycles. The number of hydrogen-bond donors (Lipinski definition) is 1. The Morgan fingerprint density at radius 3 is 2.26 bits per heavy atom. The smallest absolute Gasteiger partial charge is 0.271 e. The van der Waals surface area contributed by atoms with Gasteiger partial charge in [0.1, 0.15) is 11.6 Å². The molecule has 0 aliphatic rings. The van der Waals surface area contributed by atoms with Crippen LogP contribution in [0, 0.1) is 24.2 Å². The van der Waals surface area contributed by atoms with Crippen molar-refractivity contribution in [3.8, 4) is 11.9 Å². The number of nitrogens with zero attached hydrogens (tertiary/aromatic N) is 5. The summed E-state index contributed by atoms with van der Waals surface area (Å²) < 4.78 is 27.9. The number of pyridine rings is 1. The van der Waals surface area contributed by atoms with Gasteiger partial charge in [-0.15, -0.1) is 5.11 Å². The minimum atomic E-state index is -3.59. The molecule has 2 aromatic rings. The molecule has 0 spiro atoms. The Morgan fingerprint density at radius 1 is 1.11 bits per heavy atom. The maximum absolute atomic E-state index is 12.9. The van der Waals surface area contributed by atoms with Gasteiger partial charge in [-0.2, -0.15) is 14.7 Å². The molecular weight excluding hydrogens is 466 g/mol. The number of unbranched alkanes of at least 4 members (excludes halogenated alkanes) is 1. The van der Waals surface area contributed by atoms with Crippen LogP contribution in [0.2, 0.25) is 0 Å². The summed E-state index contributed by atoms with van der Waals surface area (Å²) in [5.41, 5.74) is 0.0433. The number of nitriles is 1. The van der Waals surface area contributed by atoms with Gasteiger partial charge in [0.15, 0.2) is 5.69 Å². The second-order valence-electron chi connectivity index (χ2n) is 8.40. The summed E-state index contributed by atoms with van der Waals surface area (Å²) >= 11 is 0. The largest absolute Gasteiger partial charge is 0.493 e. The Balaban J connectivity index is 2.45. The standard InChI is InChI=1S/C25H35N5O4S/c1-6-10-11-19(7-2)17-30-24(31)22(16-26)18(5)23(25(30)32)28-27-20-12-14-21(15-13-20)35(33,34)29(8-3)9-4/h12-15,19,32H,6-11,17H2,1-5H3/b28-27+. The lowest BCUT2D eigenvalue weighted by Crippen LogP contribution is -2.30. The molecule has 1 aromatic carbocycles. The fraction of sp³-hybridized carbons (Fsp3) is 0.520. The van der Waals surface area contributed by atoms with Crippen LogP contribution >= 0.6 is 0 Å². The topological polar surface area (TPSA) is 128 Å². The summed E-state index contributed by atoms with van der Waals surface area (Å²) in [6, 6.07) is 7.88. The normalized spacial score (nSPS) is 12.8. The molecule has 1 N–H and O–H groups in total. The molecule has 0 aliphatic heterocycles. The van der Waals surface area contributed by atoms with Crippen molar-refractivity contribution in [2.75, 3.05) is 13.1 Å². The van der Waals surface area contributed by atoms with E-state index >= 15 is 0 Å². The maximum Gasteiger partial charge on any atom is 0.271 e. The molecule has 190 valence electrons. The molecule has 0 aliphatic carbocycles. The van der Waals surface area contributed by atoms with E-state index in [4.69, 9.17) is 0 Å². The van der Waals surface area contributed by atoms with Gasteiger partial charge in [0.2, 0.25) is 15.9 Å². The van der Waals surface area contributed by atoms with Crippen molar-refractivity contribution in [1.82, 2.24) is 8.87 Å². The Hall–Kier alpha value is -3.03. The van der Waals surface area contributed by atoms with Crippen LogP contribution < -0.4 is 5.56 Å². The summed E-state index contributed by atoms with van der Waals surface area (Å²) in [5, 5.41) is 28.7. The van der Waals surface area contributed by atoms with Gasteiger partial charge in [0.05, 0.1) is 10.6 Å². The van der Waals surface area contributed by atoms with E-state index in [-0.39, 0.29) is 40.1 Å².